The SMILES string of the molecule is CCCOc1ccccc1CCCOc1c(Oc2ccccc2)c(Oc2ccccc2)c(OC(C)=O)c2ccccc12. The Labute approximate surface area is 246 Å². The number of benzene rings is 5. The lowest BCUT2D eigenvalue weighted by atomic mass is 10.1. The highest BCUT2D eigenvalue weighted by molar-refractivity contribution is 6.00. The fourth-order valence-electron chi connectivity index (χ4n) is 4.62. The molecule has 0 heterocycles. The van der Waals surface area contributed by atoms with Gasteiger partial charge in [0.1, 0.15) is 17.2 Å². The van der Waals surface area contributed by atoms with Crippen molar-refractivity contribution in [3.63, 3.8) is 0 Å². The molecule has 0 saturated heterocycles. The van der Waals surface area contributed by atoms with Crippen molar-refractivity contribution in [1.29, 1.82) is 0 Å². The second kappa shape index (κ2) is 14.1. The van der Waals surface area contributed by atoms with E-state index >= 15 is 0 Å². The van der Waals surface area contributed by atoms with Crippen molar-refractivity contribution in [3.8, 4) is 40.2 Å². The first-order chi connectivity index (χ1) is 20.6. The minimum absolute atomic E-state index is 0.257. The number of esters is 1. The van der Waals surface area contributed by atoms with Crippen LogP contribution in [0.2, 0.25) is 0 Å². The average Bonchev–Trinajstić information content (AvgIpc) is 3.02. The summed E-state index contributed by atoms with van der Waals surface area (Å²) in [7, 11) is 0. The minimum Gasteiger partial charge on any atom is -0.493 e. The van der Waals surface area contributed by atoms with E-state index in [0.717, 1.165) is 36.0 Å². The number of ether oxygens (including phenoxy) is 5. The van der Waals surface area contributed by atoms with E-state index in [2.05, 4.69) is 13.0 Å². The van der Waals surface area contributed by atoms with Crippen molar-refractivity contribution in [2.45, 2.75) is 33.1 Å². The number of para-hydroxylation sites is 3. The summed E-state index contributed by atoms with van der Waals surface area (Å²) in [6.07, 6.45) is 2.48. The molecule has 5 aromatic rings. The van der Waals surface area contributed by atoms with Gasteiger partial charge in [0, 0.05) is 17.7 Å². The van der Waals surface area contributed by atoms with Crippen molar-refractivity contribution in [1.82, 2.24) is 0 Å². The van der Waals surface area contributed by atoms with Crippen LogP contribution in [0.25, 0.3) is 10.8 Å². The van der Waals surface area contributed by atoms with Gasteiger partial charge in [0.2, 0.25) is 11.5 Å². The van der Waals surface area contributed by atoms with Crippen LogP contribution in [0.3, 0.4) is 0 Å². The molecule has 0 unspecified atom stereocenters. The molecule has 0 bridgehead atoms. The van der Waals surface area contributed by atoms with Gasteiger partial charge in [-0.15, -0.1) is 0 Å². The molecule has 0 N–H and O–H groups in total. The Hall–Kier alpha value is -4.97. The number of aryl methyl sites for hydroxylation is 1. The molecule has 0 aliphatic rings. The highest BCUT2D eigenvalue weighted by atomic mass is 16.6. The lowest BCUT2D eigenvalue weighted by Gasteiger charge is -2.22. The lowest BCUT2D eigenvalue weighted by molar-refractivity contribution is -0.131. The van der Waals surface area contributed by atoms with Gasteiger partial charge >= 0.3 is 5.97 Å². The van der Waals surface area contributed by atoms with Gasteiger partial charge in [-0.25, -0.2) is 0 Å². The van der Waals surface area contributed by atoms with E-state index in [1.54, 1.807) is 0 Å². The zero-order valence-corrected chi connectivity index (χ0v) is 23.9. The molecule has 0 fully saturated rings. The van der Waals surface area contributed by atoms with Crippen molar-refractivity contribution < 1.29 is 28.5 Å². The number of fused-ring (bicyclic) bond motifs is 1. The van der Waals surface area contributed by atoms with E-state index in [1.807, 2.05) is 103 Å². The third kappa shape index (κ3) is 7.02. The van der Waals surface area contributed by atoms with Crippen LogP contribution >= 0.6 is 0 Å². The molecule has 5 aromatic carbocycles. The Kier molecular flexibility index (Phi) is 9.57. The largest absolute Gasteiger partial charge is 0.493 e. The van der Waals surface area contributed by atoms with Crippen molar-refractivity contribution in [2.24, 2.45) is 0 Å². The Morgan fingerprint density at radius 1 is 0.595 bits per heavy atom. The molecular weight excluding hydrogens is 528 g/mol. The molecule has 5 rings (SSSR count). The van der Waals surface area contributed by atoms with E-state index in [-0.39, 0.29) is 11.5 Å². The van der Waals surface area contributed by atoms with Crippen LogP contribution in [-0.4, -0.2) is 19.2 Å². The fourth-order valence-corrected chi connectivity index (χ4v) is 4.62. The molecule has 0 radical (unpaired) electrons. The third-order valence-corrected chi connectivity index (χ3v) is 6.48. The zero-order chi connectivity index (χ0) is 29.1. The van der Waals surface area contributed by atoms with E-state index in [1.165, 1.54) is 6.92 Å². The summed E-state index contributed by atoms with van der Waals surface area (Å²) in [6, 6.07) is 34.4. The maximum absolute atomic E-state index is 12.3. The molecule has 0 amide bonds. The third-order valence-electron chi connectivity index (χ3n) is 6.48. The van der Waals surface area contributed by atoms with Crippen molar-refractivity contribution >= 4 is 16.7 Å². The van der Waals surface area contributed by atoms with Gasteiger partial charge in [0.25, 0.3) is 0 Å². The summed E-state index contributed by atoms with van der Waals surface area (Å²) in [4.78, 5) is 12.3. The van der Waals surface area contributed by atoms with Crippen LogP contribution < -0.4 is 23.7 Å². The van der Waals surface area contributed by atoms with Gasteiger partial charge < -0.3 is 23.7 Å². The van der Waals surface area contributed by atoms with Crippen LogP contribution in [0, 0.1) is 0 Å². The Balaban J connectivity index is 1.55. The topological polar surface area (TPSA) is 63.2 Å². The predicted molar refractivity (Wildman–Crippen MR) is 164 cm³/mol. The van der Waals surface area contributed by atoms with E-state index in [4.69, 9.17) is 23.7 Å². The van der Waals surface area contributed by atoms with Crippen LogP contribution in [0.15, 0.2) is 109 Å². The monoisotopic (exact) mass is 562 g/mol. The van der Waals surface area contributed by atoms with E-state index in [0.29, 0.717) is 41.6 Å². The second-order valence-corrected chi connectivity index (χ2v) is 9.69. The van der Waals surface area contributed by atoms with Gasteiger partial charge in [-0.05, 0) is 55.2 Å². The summed E-state index contributed by atoms with van der Waals surface area (Å²) < 4.78 is 31.1. The normalized spacial score (nSPS) is 10.7. The quantitative estimate of drug-likeness (QED) is 0.0810. The fraction of sp³-hybridized carbons (Fsp3) is 0.194. The molecule has 6 heteroatoms. The summed E-state index contributed by atoms with van der Waals surface area (Å²) in [5, 5.41) is 1.42. The Morgan fingerprint density at radius 3 is 1.76 bits per heavy atom. The van der Waals surface area contributed by atoms with Crippen LogP contribution in [0.1, 0.15) is 32.3 Å². The minimum atomic E-state index is -0.471. The number of hydrogen-bond donors (Lipinski definition) is 0. The van der Waals surface area contributed by atoms with Gasteiger partial charge in [0.05, 0.1) is 13.2 Å². The molecule has 0 aromatic heterocycles. The molecule has 0 aliphatic carbocycles. The average molecular weight is 563 g/mol. The maximum atomic E-state index is 12.3. The number of carbonyl (C=O) groups excluding carboxylic acids is 1. The van der Waals surface area contributed by atoms with E-state index < -0.39 is 5.97 Å². The smallest absolute Gasteiger partial charge is 0.308 e. The van der Waals surface area contributed by atoms with Crippen LogP contribution in [0.5, 0.6) is 40.2 Å². The van der Waals surface area contributed by atoms with E-state index in [9.17, 15) is 4.79 Å². The molecule has 6 nitrogen and oxygen atoms in total. The highest BCUT2D eigenvalue weighted by Gasteiger charge is 2.27. The van der Waals surface area contributed by atoms with Crippen molar-refractivity contribution in [3.05, 3.63) is 115 Å². The number of hydrogen-bond acceptors (Lipinski definition) is 6. The molecule has 42 heavy (non-hydrogen) atoms. The first-order valence-electron chi connectivity index (χ1n) is 14.2. The van der Waals surface area contributed by atoms with Gasteiger partial charge in [-0.1, -0.05) is 85.8 Å². The highest BCUT2D eigenvalue weighted by Crippen LogP contribution is 2.54. The summed E-state index contributed by atoms with van der Waals surface area (Å²) in [5.74, 6) is 2.94. The molecule has 214 valence electrons. The standard InChI is InChI=1S/C36H34O6/c1-3-24-38-32-23-13-10-15-27(32)16-14-25-39-33-30-21-11-12-22-31(30)34(40-26(2)37)36(42-29-19-8-5-9-20-29)35(33)41-28-17-6-4-7-18-28/h4-13,15,17-23H,3,14,16,24-25H2,1-2H3. The van der Waals surface area contributed by atoms with Gasteiger partial charge in [0.15, 0.2) is 11.5 Å². The summed E-state index contributed by atoms with van der Waals surface area (Å²) >= 11 is 0. The Bertz CT molecular complexity index is 1620. The molecular formula is C36H34O6. The molecule has 0 saturated carbocycles. The molecule has 0 atom stereocenters. The predicted octanol–water partition coefficient (Wildman–Crippen LogP) is 9.15. The van der Waals surface area contributed by atoms with Crippen LogP contribution in [-0.2, 0) is 11.2 Å². The zero-order valence-electron chi connectivity index (χ0n) is 23.9. The maximum Gasteiger partial charge on any atom is 0.308 e. The van der Waals surface area contributed by atoms with Crippen molar-refractivity contribution in [2.75, 3.05) is 13.2 Å². The summed E-state index contributed by atoms with van der Waals surface area (Å²) in [5.41, 5.74) is 1.14. The van der Waals surface area contributed by atoms with Gasteiger partial charge in [-0.3, -0.25) is 4.79 Å². The summed E-state index contributed by atoms with van der Waals surface area (Å²) in [6.45, 7) is 4.55. The lowest BCUT2D eigenvalue weighted by Crippen LogP contribution is -2.07. The Morgan fingerprint density at radius 2 is 1.14 bits per heavy atom. The molecule has 0 spiro atoms. The first kappa shape index (κ1) is 28.6. The van der Waals surface area contributed by atoms with Crippen LogP contribution in [0.4, 0.5) is 0 Å². The second-order valence-electron chi connectivity index (χ2n) is 9.69. The number of rotatable bonds is 13. The molecule has 0 aliphatic heterocycles. The number of carbonyl (C=O) groups is 1. The van der Waals surface area contributed by atoms with Gasteiger partial charge in [-0.2, -0.15) is 0 Å². The first-order valence-corrected chi connectivity index (χ1v) is 14.2.